The number of aryl methyl sites for hydroxylation is 1. The maximum absolute atomic E-state index is 4.92. The number of pyridine rings is 1. The van der Waals surface area contributed by atoms with E-state index in [0.717, 1.165) is 22.1 Å². The fourth-order valence-electron chi connectivity index (χ4n) is 4.01. The molecule has 3 heterocycles. The van der Waals surface area contributed by atoms with Crippen LogP contribution < -0.4 is 0 Å². The number of nitrogens with zero attached hydrogens (tertiary/aromatic N) is 3. The van der Waals surface area contributed by atoms with Gasteiger partial charge in [-0.25, -0.2) is 0 Å². The number of hydrogen-bond acceptors (Lipinski definition) is 1. The average molecular weight is 513 g/mol. The van der Waals surface area contributed by atoms with Gasteiger partial charge in [-0.1, -0.05) is 24.3 Å². The van der Waals surface area contributed by atoms with Gasteiger partial charge in [0.25, 0.3) is 0 Å². The van der Waals surface area contributed by atoms with Crippen LogP contribution in [0.15, 0.2) is 66.9 Å². The van der Waals surface area contributed by atoms with Gasteiger partial charge in [0.1, 0.15) is 0 Å². The van der Waals surface area contributed by atoms with E-state index in [1.54, 1.807) is 0 Å². The maximum Gasteiger partial charge on any atom is 0.0795 e. The third kappa shape index (κ3) is 1.89. The van der Waals surface area contributed by atoms with Crippen molar-refractivity contribution in [3.63, 3.8) is 0 Å². The van der Waals surface area contributed by atoms with Crippen molar-refractivity contribution in [1.82, 2.24) is 14.0 Å². The minimum absolute atomic E-state index is 0. The summed E-state index contributed by atoms with van der Waals surface area (Å²) in [6.07, 6.45) is 2.11. The van der Waals surface area contributed by atoms with Gasteiger partial charge in [-0.05, 0) is 24.4 Å². The van der Waals surface area contributed by atoms with Crippen LogP contribution in [0.3, 0.4) is 0 Å². The first kappa shape index (κ1) is 15.6. The predicted octanol–water partition coefficient (Wildman–Crippen LogP) is 5.08. The molecule has 0 aliphatic rings. The smallest absolute Gasteiger partial charge is 0.0795 e. The standard InChI is InChI=1S/C22H14N3.Ir/c1-24-19-9-5-4-8-16(19)17-12-21-18(13-20(17)24)23-22-15-7-3-2-6-14(15)10-11-25(21)22;/h2-6,8-13H,1H3;/q-1;. The van der Waals surface area contributed by atoms with E-state index < -0.39 is 0 Å². The first-order chi connectivity index (χ1) is 12.3. The van der Waals surface area contributed by atoms with Crippen molar-refractivity contribution in [3.05, 3.63) is 72.9 Å². The Morgan fingerprint density at radius 2 is 1.77 bits per heavy atom. The zero-order chi connectivity index (χ0) is 16.5. The molecule has 6 rings (SSSR count). The molecule has 6 aromatic rings. The summed E-state index contributed by atoms with van der Waals surface area (Å²) in [6.45, 7) is 0. The fraction of sp³-hybridized carbons (Fsp3) is 0.0455. The third-order valence-electron chi connectivity index (χ3n) is 5.24. The second kappa shape index (κ2) is 5.41. The molecule has 3 aromatic heterocycles. The van der Waals surface area contributed by atoms with E-state index in [1.165, 1.54) is 27.2 Å². The van der Waals surface area contributed by atoms with Gasteiger partial charge in [-0.2, -0.15) is 0 Å². The number of para-hydroxylation sites is 1. The second-order valence-corrected chi connectivity index (χ2v) is 6.56. The summed E-state index contributed by atoms with van der Waals surface area (Å²) in [5.74, 6) is 0. The fourth-order valence-corrected chi connectivity index (χ4v) is 4.01. The minimum atomic E-state index is 0. The first-order valence-corrected chi connectivity index (χ1v) is 8.40. The molecule has 3 nitrogen and oxygen atoms in total. The van der Waals surface area contributed by atoms with Gasteiger partial charge in [0.15, 0.2) is 0 Å². The number of benzene rings is 3. The van der Waals surface area contributed by atoms with Crippen LogP contribution >= 0.6 is 0 Å². The van der Waals surface area contributed by atoms with Gasteiger partial charge < -0.3 is 8.97 Å². The van der Waals surface area contributed by atoms with E-state index in [1.807, 2.05) is 12.1 Å². The average Bonchev–Trinajstić information content (AvgIpc) is 3.16. The van der Waals surface area contributed by atoms with Crippen LogP contribution in [-0.4, -0.2) is 14.0 Å². The van der Waals surface area contributed by atoms with Crippen LogP contribution in [0.4, 0.5) is 0 Å². The summed E-state index contributed by atoms with van der Waals surface area (Å²) < 4.78 is 4.42. The van der Waals surface area contributed by atoms with Crippen molar-refractivity contribution in [2.24, 2.45) is 7.05 Å². The molecule has 0 aliphatic carbocycles. The molecular weight excluding hydrogens is 498 g/mol. The minimum Gasteiger partial charge on any atom is -0.344 e. The van der Waals surface area contributed by atoms with Crippen LogP contribution in [0.25, 0.3) is 49.3 Å². The number of rotatable bonds is 0. The second-order valence-electron chi connectivity index (χ2n) is 6.56. The van der Waals surface area contributed by atoms with Gasteiger partial charge >= 0.3 is 0 Å². The number of imidazole rings is 1. The van der Waals surface area contributed by atoms with Crippen molar-refractivity contribution in [2.45, 2.75) is 0 Å². The molecule has 0 bridgehead atoms. The molecule has 0 unspecified atom stereocenters. The van der Waals surface area contributed by atoms with Gasteiger partial charge in [0.05, 0.1) is 22.2 Å². The Labute approximate surface area is 163 Å². The molecule has 0 saturated heterocycles. The van der Waals surface area contributed by atoms with E-state index in [-0.39, 0.29) is 20.1 Å². The topological polar surface area (TPSA) is 22.2 Å². The summed E-state index contributed by atoms with van der Waals surface area (Å²) in [7, 11) is 2.12. The Kier molecular flexibility index (Phi) is 3.24. The normalized spacial score (nSPS) is 11.7. The van der Waals surface area contributed by atoms with Gasteiger partial charge in [-0.15, -0.1) is 35.0 Å². The van der Waals surface area contributed by atoms with Crippen LogP contribution in [0.5, 0.6) is 0 Å². The molecule has 0 fully saturated rings. The van der Waals surface area contributed by atoms with Crippen molar-refractivity contribution in [1.29, 1.82) is 0 Å². The molecule has 0 amide bonds. The first-order valence-electron chi connectivity index (χ1n) is 8.40. The van der Waals surface area contributed by atoms with E-state index in [9.17, 15) is 0 Å². The molecule has 127 valence electrons. The van der Waals surface area contributed by atoms with Gasteiger partial charge in [-0.3, -0.25) is 4.98 Å². The molecular formula is C22H14IrN3-. The molecule has 26 heavy (non-hydrogen) atoms. The molecule has 0 spiro atoms. The number of aromatic nitrogens is 3. The zero-order valence-corrected chi connectivity index (χ0v) is 16.4. The molecule has 0 atom stereocenters. The van der Waals surface area contributed by atoms with E-state index in [0.29, 0.717) is 0 Å². The Bertz CT molecular complexity index is 1460. The van der Waals surface area contributed by atoms with Gasteiger partial charge in [0.2, 0.25) is 0 Å². The zero-order valence-electron chi connectivity index (χ0n) is 14.0. The molecule has 0 saturated carbocycles. The monoisotopic (exact) mass is 513 g/mol. The SMILES string of the molecule is Cn1c2ccccc2c2cc3c(cc21)nc1c2[c-]cccc2ccn31.[Ir]. The summed E-state index contributed by atoms with van der Waals surface area (Å²) in [4.78, 5) is 4.92. The summed E-state index contributed by atoms with van der Waals surface area (Å²) in [5, 5.41) is 4.78. The maximum atomic E-state index is 4.92. The van der Waals surface area contributed by atoms with Crippen molar-refractivity contribution >= 4 is 49.3 Å². The largest absolute Gasteiger partial charge is 0.344 e. The van der Waals surface area contributed by atoms with E-state index in [4.69, 9.17) is 4.98 Å². The van der Waals surface area contributed by atoms with Crippen molar-refractivity contribution in [2.75, 3.05) is 0 Å². The molecule has 0 aliphatic heterocycles. The molecule has 4 heteroatoms. The Morgan fingerprint density at radius 1 is 0.885 bits per heavy atom. The molecule has 0 N–H and O–H groups in total. The Hall–Kier alpha value is -2.68. The summed E-state index contributed by atoms with van der Waals surface area (Å²) >= 11 is 0. The van der Waals surface area contributed by atoms with E-state index in [2.05, 4.69) is 76.8 Å². The molecule has 1 radical (unpaired) electrons. The molecule has 3 aromatic carbocycles. The van der Waals surface area contributed by atoms with Crippen molar-refractivity contribution < 1.29 is 20.1 Å². The van der Waals surface area contributed by atoms with Crippen LogP contribution in [0.1, 0.15) is 0 Å². The quantitative estimate of drug-likeness (QED) is 0.260. The predicted molar refractivity (Wildman–Crippen MR) is 103 cm³/mol. The van der Waals surface area contributed by atoms with Crippen LogP contribution in [0.2, 0.25) is 0 Å². The third-order valence-corrected chi connectivity index (χ3v) is 5.24. The summed E-state index contributed by atoms with van der Waals surface area (Å²) in [6, 6.07) is 24.6. The number of fused-ring (bicyclic) bond motifs is 8. The Morgan fingerprint density at radius 3 is 2.69 bits per heavy atom. The summed E-state index contributed by atoms with van der Waals surface area (Å²) in [5.41, 5.74) is 5.58. The van der Waals surface area contributed by atoms with Gasteiger partial charge in [0, 0.05) is 43.4 Å². The Balaban J connectivity index is 0.00000150. The van der Waals surface area contributed by atoms with Crippen LogP contribution in [0, 0.1) is 6.07 Å². The van der Waals surface area contributed by atoms with E-state index >= 15 is 0 Å². The number of hydrogen-bond donors (Lipinski definition) is 0. The van der Waals surface area contributed by atoms with Crippen LogP contribution in [-0.2, 0) is 27.2 Å². The van der Waals surface area contributed by atoms with Crippen molar-refractivity contribution in [3.8, 4) is 0 Å².